The van der Waals surface area contributed by atoms with E-state index in [4.69, 9.17) is 44.3 Å². The van der Waals surface area contributed by atoms with Crippen molar-refractivity contribution in [1.82, 2.24) is 10.2 Å². The Morgan fingerprint density at radius 1 is 0.889 bits per heavy atom. The van der Waals surface area contributed by atoms with Crippen LogP contribution in [-0.2, 0) is 17.9 Å². The molecule has 3 amide bonds. The molecule has 3 aromatic carbocycles. The summed E-state index contributed by atoms with van der Waals surface area (Å²) in [6, 6.07) is 15.7. The monoisotopic (exact) mass is 544 g/mol. The van der Waals surface area contributed by atoms with Gasteiger partial charge in [0.2, 0.25) is 0 Å². The predicted octanol–water partition coefficient (Wildman–Crippen LogP) is 7.03. The summed E-state index contributed by atoms with van der Waals surface area (Å²) in [6.07, 6.45) is 1.56. The first-order chi connectivity index (χ1) is 17.2. The Bertz CT molecular complexity index is 1340. The SMILES string of the molecule is CCOc1cc(/C=C2/NC(=O)N(Cc3ccc(C)cc3)C2=O)cc(Cl)c1OCc1ccc(Cl)c(Cl)c1. The summed E-state index contributed by atoms with van der Waals surface area (Å²) < 4.78 is 11.7. The van der Waals surface area contributed by atoms with Crippen molar-refractivity contribution < 1.29 is 19.1 Å². The number of aryl methyl sites for hydroxylation is 1. The van der Waals surface area contributed by atoms with E-state index in [1.54, 1.807) is 36.4 Å². The van der Waals surface area contributed by atoms with Crippen molar-refractivity contribution in [2.45, 2.75) is 27.0 Å². The van der Waals surface area contributed by atoms with Gasteiger partial charge >= 0.3 is 6.03 Å². The van der Waals surface area contributed by atoms with Gasteiger partial charge in [-0.15, -0.1) is 0 Å². The smallest absolute Gasteiger partial charge is 0.329 e. The first-order valence-electron chi connectivity index (χ1n) is 11.2. The van der Waals surface area contributed by atoms with Crippen LogP contribution in [-0.4, -0.2) is 23.4 Å². The standard InChI is InChI=1S/C27H23Cl3N2O4/c1-3-35-24-13-19(11-22(30)25(24)36-15-18-8-9-20(28)21(29)10-18)12-23-26(33)32(27(34)31-23)14-17-6-4-16(2)5-7-17/h4-13H,3,14-15H2,1-2H3,(H,31,34)/b23-12+. The zero-order valence-corrected chi connectivity index (χ0v) is 21.9. The van der Waals surface area contributed by atoms with Gasteiger partial charge in [0.15, 0.2) is 11.5 Å². The van der Waals surface area contributed by atoms with Crippen LogP contribution in [0.25, 0.3) is 6.08 Å². The van der Waals surface area contributed by atoms with E-state index < -0.39 is 11.9 Å². The van der Waals surface area contributed by atoms with Gasteiger partial charge < -0.3 is 14.8 Å². The van der Waals surface area contributed by atoms with E-state index in [1.165, 1.54) is 0 Å². The second-order valence-corrected chi connectivity index (χ2v) is 9.39. The number of imide groups is 1. The van der Waals surface area contributed by atoms with Gasteiger partial charge in [0.05, 0.1) is 28.2 Å². The summed E-state index contributed by atoms with van der Waals surface area (Å²) in [7, 11) is 0. The molecule has 1 aliphatic heterocycles. The number of hydrogen-bond acceptors (Lipinski definition) is 4. The molecule has 0 bridgehead atoms. The minimum absolute atomic E-state index is 0.148. The molecule has 0 atom stereocenters. The highest BCUT2D eigenvalue weighted by molar-refractivity contribution is 6.42. The van der Waals surface area contributed by atoms with Crippen molar-refractivity contribution in [3.63, 3.8) is 0 Å². The van der Waals surface area contributed by atoms with E-state index in [2.05, 4.69) is 5.32 Å². The molecule has 1 N–H and O–H groups in total. The minimum atomic E-state index is -0.482. The van der Waals surface area contributed by atoms with E-state index in [0.29, 0.717) is 38.7 Å². The average Bonchev–Trinajstić information content (AvgIpc) is 3.09. The Labute approximate surface area is 224 Å². The molecule has 1 aliphatic rings. The molecule has 36 heavy (non-hydrogen) atoms. The molecule has 4 rings (SSSR count). The van der Waals surface area contributed by atoms with Gasteiger partial charge in [0, 0.05) is 0 Å². The van der Waals surface area contributed by atoms with Gasteiger partial charge in [-0.1, -0.05) is 70.7 Å². The number of nitrogens with one attached hydrogen (secondary N) is 1. The molecular formula is C27H23Cl3N2O4. The molecule has 0 radical (unpaired) electrons. The largest absolute Gasteiger partial charge is 0.490 e. The Kier molecular flexibility index (Phi) is 8.09. The summed E-state index contributed by atoms with van der Waals surface area (Å²) in [5.74, 6) is 0.342. The highest BCUT2D eigenvalue weighted by atomic mass is 35.5. The lowest BCUT2D eigenvalue weighted by Crippen LogP contribution is -2.30. The van der Waals surface area contributed by atoms with Crippen LogP contribution >= 0.6 is 34.8 Å². The number of benzene rings is 3. The number of halogens is 3. The first kappa shape index (κ1) is 25.9. The molecule has 1 heterocycles. The van der Waals surface area contributed by atoms with Crippen LogP contribution < -0.4 is 14.8 Å². The summed E-state index contributed by atoms with van der Waals surface area (Å²) in [5, 5.41) is 3.81. The second-order valence-electron chi connectivity index (χ2n) is 8.17. The van der Waals surface area contributed by atoms with Gasteiger partial charge in [-0.3, -0.25) is 9.69 Å². The number of rotatable bonds is 8. The van der Waals surface area contributed by atoms with Gasteiger partial charge in [-0.05, 0) is 60.9 Å². The summed E-state index contributed by atoms with van der Waals surface area (Å²) in [6.45, 7) is 4.56. The molecule has 0 aromatic heterocycles. The first-order valence-corrected chi connectivity index (χ1v) is 12.3. The third-order valence-electron chi connectivity index (χ3n) is 5.43. The van der Waals surface area contributed by atoms with Gasteiger partial charge in [-0.2, -0.15) is 0 Å². The molecular weight excluding hydrogens is 523 g/mol. The summed E-state index contributed by atoms with van der Waals surface area (Å²) in [5.41, 5.74) is 3.49. The maximum absolute atomic E-state index is 12.9. The van der Waals surface area contributed by atoms with E-state index in [1.807, 2.05) is 38.1 Å². The number of nitrogens with zero attached hydrogens (tertiary/aromatic N) is 1. The van der Waals surface area contributed by atoms with Crippen LogP contribution in [0.2, 0.25) is 15.1 Å². The highest BCUT2D eigenvalue weighted by Crippen LogP contribution is 2.38. The van der Waals surface area contributed by atoms with Gasteiger partial charge in [-0.25, -0.2) is 4.79 Å². The molecule has 0 aliphatic carbocycles. The fraction of sp³-hybridized carbons (Fsp3) is 0.185. The number of urea groups is 1. The average molecular weight is 546 g/mol. The summed E-state index contributed by atoms with van der Waals surface area (Å²) in [4.78, 5) is 26.6. The van der Waals surface area contributed by atoms with Crippen molar-refractivity contribution in [2.75, 3.05) is 6.61 Å². The third-order valence-corrected chi connectivity index (χ3v) is 6.45. The minimum Gasteiger partial charge on any atom is -0.490 e. The van der Waals surface area contributed by atoms with E-state index in [-0.39, 0.29) is 18.8 Å². The fourth-order valence-corrected chi connectivity index (χ4v) is 4.21. The van der Waals surface area contributed by atoms with Crippen LogP contribution in [0.15, 0.2) is 60.3 Å². The van der Waals surface area contributed by atoms with E-state index >= 15 is 0 Å². The lowest BCUT2D eigenvalue weighted by Gasteiger charge is -2.15. The molecule has 1 saturated heterocycles. The van der Waals surface area contributed by atoms with Crippen LogP contribution in [0.4, 0.5) is 4.79 Å². The summed E-state index contributed by atoms with van der Waals surface area (Å²) >= 11 is 18.6. The zero-order chi connectivity index (χ0) is 25.8. The predicted molar refractivity (Wildman–Crippen MR) is 142 cm³/mol. The molecule has 1 fully saturated rings. The number of ether oxygens (including phenoxy) is 2. The van der Waals surface area contributed by atoms with Crippen LogP contribution in [0.5, 0.6) is 11.5 Å². The number of carbonyl (C=O) groups is 2. The maximum atomic E-state index is 12.9. The topological polar surface area (TPSA) is 67.9 Å². The molecule has 0 spiro atoms. The lowest BCUT2D eigenvalue weighted by molar-refractivity contribution is -0.123. The fourth-order valence-electron chi connectivity index (χ4n) is 3.62. The van der Waals surface area contributed by atoms with Crippen molar-refractivity contribution in [3.05, 3.63) is 97.6 Å². The molecule has 186 valence electrons. The van der Waals surface area contributed by atoms with Crippen LogP contribution in [0.1, 0.15) is 29.2 Å². The Morgan fingerprint density at radius 3 is 2.31 bits per heavy atom. The maximum Gasteiger partial charge on any atom is 0.329 e. The molecule has 6 nitrogen and oxygen atoms in total. The molecule has 0 saturated carbocycles. The van der Waals surface area contributed by atoms with E-state index in [0.717, 1.165) is 21.6 Å². The Balaban J connectivity index is 1.54. The van der Waals surface area contributed by atoms with E-state index in [9.17, 15) is 9.59 Å². The Morgan fingerprint density at radius 2 is 1.61 bits per heavy atom. The lowest BCUT2D eigenvalue weighted by atomic mass is 10.1. The molecule has 0 unspecified atom stereocenters. The number of amides is 3. The highest BCUT2D eigenvalue weighted by Gasteiger charge is 2.33. The second kappa shape index (κ2) is 11.2. The number of hydrogen-bond donors (Lipinski definition) is 1. The van der Waals surface area contributed by atoms with Crippen molar-refractivity contribution in [2.24, 2.45) is 0 Å². The molecule has 9 heteroatoms. The quantitative estimate of drug-likeness (QED) is 0.244. The Hall–Kier alpha value is -3.19. The van der Waals surface area contributed by atoms with Crippen LogP contribution in [0, 0.1) is 6.92 Å². The normalized spacial score (nSPS) is 14.4. The van der Waals surface area contributed by atoms with Crippen LogP contribution in [0.3, 0.4) is 0 Å². The zero-order valence-electron chi connectivity index (χ0n) is 19.6. The third kappa shape index (κ3) is 5.95. The molecule has 3 aromatic rings. The van der Waals surface area contributed by atoms with Gasteiger partial charge in [0.25, 0.3) is 5.91 Å². The number of carbonyl (C=O) groups excluding carboxylic acids is 2. The van der Waals surface area contributed by atoms with Crippen molar-refractivity contribution >= 4 is 52.8 Å². The van der Waals surface area contributed by atoms with Crippen molar-refractivity contribution in [3.8, 4) is 11.5 Å². The van der Waals surface area contributed by atoms with Crippen molar-refractivity contribution in [1.29, 1.82) is 0 Å². The van der Waals surface area contributed by atoms with Gasteiger partial charge in [0.1, 0.15) is 12.3 Å².